The molecule has 0 rings (SSSR count). The number of carbonyl (C=O) groups excluding carboxylic acids is 3. The van der Waals surface area contributed by atoms with Crippen molar-refractivity contribution in [1.82, 2.24) is 10.6 Å². The van der Waals surface area contributed by atoms with Crippen LogP contribution in [0.3, 0.4) is 0 Å². The number of nitrogens with two attached hydrogens (primary N) is 1. The molecule has 0 aliphatic carbocycles. The summed E-state index contributed by atoms with van der Waals surface area (Å²) in [5.74, 6) is -2.32. The summed E-state index contributed by atoms with van der Waals surface area (Å²) < 4.78 is 0. The zero-order valence-electron chi connectivity index (χ0n) is 10.2. The fourth-order valence-electron chi connectivity index (χ4n) is 1.06. The van der Waals surface area contributed by atoms with Crippen LogP contribution in [-0.2, 0) is 19.2 Å². The number of carboxylic acids is 1. The Morgan fingerprint density at radius 1 is 1.32 bits per heavy atom. The predicted octanol–water partition coefficient (Wildman–Crippen LogP) is -2.09. The molecule has 0 saturated carbocycles. The van der Waals surface area contributed by atoms with Gasteiger partial charge in [0.1, 0.15) is 12.3 Å². The molecule has 0 aromatic carbocycles. The van der Waals surface area contributed by atoms with Gasteiger partial charge in [-0.1, -0.05) is 0 Å². The van der Waals surface area contributed by atoms with Gasteiger partial charge in [-0.3, -0.25) is 9.59 Å². The lowest BCUT2D eigenvalue weighted by molar-refractivity contribution is -0.141. The first kappa shape index (κ1) is 17.4. The molecule has 0 aliphatic heterocycles. The molecule has 8 nitrogen and oxygen atoms in total. The van der Waals surface area contributed by atoms with E-state index >= 15 is 0 Å². The average Bonchev–Trinajstić information content (AvgIpc) is 2.39. The molecule has 2 amide bonds. The number of carbonyl (C=O) groups is 4. The van der Waals surface area contributed by atoms with Gasteiger partial charge < -0.3 is 26.3 Å². The van der Waals surface area contributed by atoms with E-state index in [1.165, 1.54) is 0 Å². The smallest absolute Gasteiger partial charge is 0.327 e. The molecule has 0 heterocycles. The first-order valence-electron chi connectivity index (χ1n) is 5.51. The number of hydrogen-bond acceptors (Lipinski definition) is 6. The number of hydrogen-bond donors (Lipinski definition) is 5. The van der Waals surface area contributed by atoms with Gasteiger partial charge >= 0.3 is 5.97 Å². The SMILES string of the molecule is NC(C=O)CCC(=O)NCC(=O)NC(CS)C(=O)O. The predicted molar refractivity (Wildman–Crippen MR) is 69.7 cm³/mol. The minimum atomic E-state index is -1.20. The van der Waals surface area contributed by atoms with E-state index in [2.05, 4.69) is 23.3 Å². The molecule has 0 fully saturated rings. The third kappa shape index (κ3) is 8.16. The summed E-state index contributed by atoms with van der Waals surface area (Å²) in [7, 11) is 0. The zero-order chi connectivity index (χ0) is 14.8. The first-order chi connectivity index (χ1) is 8.90. The standard InChI is InChI=1S/C10H17N3O5S/c11-6(4-14)1-2-8(15)12-3-9(16)13-7(5-19)10(17)18/h4,6-7,19H,1-3,5,11H2,(H,12,15)(H,13,16)(H,17,18). The van der Waals surface area contributed by atoms with Crippen molar-refractivity contribution < 1.29 is 24.3 Å². The molecule has 0 bridgehead atoms. The van der Waals surface area contributed by atoms with Crippen molar-refractivity contribution in [2.24, 2.45) is 5.73 Å². The number of nitrogens with one attached hydrogen (secondary N) is 2. The summed E-state index contributed by atoms with van der Waals surface area (Å²) in [6.07, 6.45) is 0.734. The highest BCUT2D eigenvalue weighted by atomic mass is 32.1. The lowest BCUT2D eigenvalue weighted by atomic mass is 10.2. The molecule has 19 heavy (non-hydrogen) atoms. The number of carboxylic acid groups (broad SMARTS) is 1. The van der Waals surface area contributed by atoms with Crippen LogP contribution >= 0.6 is 12.6 Å². The monoisotopic (exact) mass is 291 g/mol. The number of aldehydes is 1. The molecular weight excluding hydrogens is 274 g/mol. The Balaban J connectivity index is 3.92. The second-order valence-electron chi connectivity index (χ2n) is 3.76. The van der Waals surface area contributed by atoms with Crippen molar-refractivity contribution in [3.8, 4) is 0 Å². The Hall–Kier alpha value is -1.61. The van der Waals surface area contributed by atoms with Crippen LogP contribution in [0.5, 0.6) is 0 Å². The summed E-state index contributed by atoms with van der Waals surface area (Å²) >= 11 is 3.78. The van der Waals surface area contributed by atoms with Gasteiger partial charge in [0.05, 0.1) is 12.6 Å². The fraction of sp³-hybridized carbons (Fsp3) is 0.600. The van der Waals surface area contributed by atoms with Gasteiger partial charge in [-0.25, -0.2) is 4.79 Å². The molecule has 0 aliphatic rings. The Kier molecular flexibility index (Phi) is 8.55. The van der Waals surface area contributed by atoms with E-state index in [0.29, 0.717) is 6.29 Å². The molecule has 0 saturated heterocycles. The summed E-state index contributed by atoms with van der Waals surface area (Å²) in [5, 5.41) is 13.2. The van der Waals surface area contributed by atoms with Gasteiger partial charge in [-0.2, -0.15) is 12.6 Å². The molecule has 9 heteroatoms. The van der Waals surface area contributed by atoms with Crippen LogP contribution in [-0.4, -0.2) is 53.6 Å². The maximum absolute atomic E-state index is 11.3. The molecular formula is C10H17N3O5S. The van der Waals surface area contributed by atoms with Crippen LogP contribution in [0, 0.1) is 0 Å². The van der Waals surface area contributed by atoms with E-state index in [1.54, 1.807) is 0 Å². The second-order valence-corrected chi connectivity index (χ2v) is 4.12. The molecule has 108 valence electrons. The van der Waals surface area contributed by atoms with Crippen LogP contribution < -0.4 is 16.4 Å². The lowest BCUT2D eigenvalue weighted by Gasteiger charge is -2.12. The van der Waals surface area contributed by atoms with Crippen LogP contribution in [0.25, 0.3) is 0 Å². The number of thiol groups is 1. The van der Waals surface area contributed by atoms with E-state index < -0.39 is 29.9 Å². The van der Waals surface area contributed by atoms with Gasteiger partial charge in [-0.05, 0) is 6.42 Å². The van der Waals surface area contributed by atoms with Gasteiger partial charge in [-0.15, -0.1) is 0 Å². The van der Waals surface area contributed by atoms with E-state index in [4.69, 9.17) is 10.8 Å². The van der Waals surface area contributed by atoms with Gasteiger partial charge in [0.25, 0.3) is 0 Å². The van der Waals surface area contributed by atoms with Crippen molar-refractivity contribution in [1.29, 1.82) is 0 Å². The highest BCUT2D eigenvalue weighted by molar-refractivity contribution is 7.80. The Morgan fingerprint density at radius 2 is 1.95 bits per heavy atom. The third-order valence-corrected chi connectivity index (χ3v) is 2.51. The van der Waals surface area contributed by atoms with Gasteiger partial charge in [0.2, 0.25) is 11.8 Å². The third-order valence-electron chi connectivity index (χ3n) is 2.14. The highest BCUT2D eigenvalue weighted by Gasteiger charge is 2.18. The summed E-state index contributed by atoms with van der Waals surface area (Å²) in [4.78, 5) is 43.4. The first-order valence-corrected chi connectivity index (χ1v) is 6.14. The van der Waals surface area contributed by atoms with E-state index in [0.717, 1.165) is 0 Å². The maximum atomic E-state index is 11.3. The molecule has 0 spiro atoms. The van der Waals surface area contributed by atoms with Crippen molar-refractivity contribution in [3.05, 3.63) is 0 Å². The second kappa shape index (κ2) is 9.34. The minimum absolute atomic E-state index is 0.0160. The van der Waals surface area contributed by atoms with Crippen LogP contribution in [0.2, 0.25) is 0 Å². The van der Waals surface area contributed by atoms with E-state index in [1.807, 2.05) is 0 Å². The normalized spacial score (nSPS) is 13.2. The maximum Gasteiger partial charge on any atom is 0.327 e. The van der Waals surface area contributed by atoms with E-state index in [9.17, 15) is 19.2 Å². The molecule has 5 N–H and O–H groups in total. The number of amides is 2. The molecule has 2 atom stereocenters. The lowest BCUT2D eigenvalue weighted by Crippen LogP contribution is -2.46. The minimum Gasteiger partial charge on any atom is -0.480 e. The topological polar surface area (TPSA) is 139 Å². The van der Waals surface area contributed by atoms with E-state index in [-0.39, 0.29) is 25.1 Å². The van der Waals surface area contributed by atoms with Gasteiger partial charge in [0.15, 0.2) is 0 Å². The largest absolute Gasteiger partial charge is 0.480 e. The highest BCUT2D eigenvalue weighted by Crippen LogP contribution is 1.92. The fourth-order valence-corrected chi connectivity index (χ4v) is 1.31. The van der Waals surface area contributed by atoms with Crippen molar-refractivity contribution in [2.75, 3.05) is 12.3 Å². The summed E-state index contributed by atoms with van der Waals surface area (Å²) in [6.45, 7) is -0.341. The molecule has 0 aromatic rings. The molecule has 0 aromatic heterocycles. The average molecular weight is 291 g/mol. The van der Waals surface area contributed by atoms with Gasteiger partial charge in [0, 0.05) is 12.2 Å². The zero-order valence-corrected chi connectivity index (χ0v) is 11.1. The number of rotatable bonds is 9. The van der Waals surface area contributed by atoms with Crippen LogP contribution in [0.1, 0.15) is 12.8 Å². The Labute approximate surface area is 115 Å². The van der Waals surface area contributed by atoms with Crippen LogP contribution in [0.15, 0.2) is 0 Å². The molecule has 0 radical (unpaired) electrons. The van der Waals surface area contributed by atoms with Crippen molar-refractivity contribution >= 4 is 36.7 Å². The molecule has 2 unspecified atom stereocenters. The Morgan fingerprint density at radius 3 is 2.42 bits per heavy atom. The van der Waals surface area contributed by atoms with Crippen molar-refractivity contribution in [2.45, 2.75) is 24.9 Å². The summed E-state index contributed by atoms with van der Waals surface area (Å²) in [6, 6.07) is -1.81. The van der Waals surface area contributed by atoms with Crippen molar-refractivity contribution in [3.63, 3.8) is 0 Å². The Bertz CT molecular complexity index is 350. The summed E-state index contributed by atoms with van der Waals surface area (Å²) in [5.41, 5.74) is 5.29. The quantitative estimate of drug-likeness (QED) is 0.244. The number of aliphatic carboxylic acids is 1. The van der Waals surface area contributed by atoms with Crippen LogP contribution in [0.4, 0.5) is 0 Å².